The molecule has 0 saturated heterocycles. The Kier molecular flexibility index (Phi) is 4.96. The maximum absolute atomic E-state index is 4.31. The van der Waals surface area contributed by atoms with Crippen molar-refractivity contribution in [3.8, 4) is 0 Å². The first-order chi connectivity index (χ1) is 8.81. The molecule has 0 spiro atoms. The number of imidazole rings is 1. The number of benzene rings is 1. The van der Waals surface area contributed by atoms with Crippen LogP contribution in [0.4, 0.5) is 0 Å². The Morgan fingerprint density at radius 1 is 1.39 bits per heavy atom. The zero-order valence-electron chi connectivity index (χ0n) is 10.5. The number of hydrogen-bond acceptors (Lipinski definition) is 2. The molecule has 2 N–H and O–H groups in total. The molecule has 1 heterocycles. The average molecular weight is 308 g/mol. The Morgan fingerprint density at radius 2 is 2.22 bits per heavy atom. The fourth-order valence-corrected chi connectivity index (χ4v) is 2.53. The van der Waals surface area contributed by atoms with E-state index in [-0.39, 0.29) is 6.04 Å². The predicted molar refractivity (Wildman–Crippen MR) is 77.5 cm³/mol. The highest BCUT2D eigenvalue weighted by Crippen LogP contribution is 2.25. The highest BCUT2D eigenvalue weighted by Gasteiger charge is 2.15. The molecule has 2 aromatic rings. The van der Waals surface area contributed by atoms with Gasteiger partial charge in [0.25, 0.3) is 0 Å². The maximum Gasteiger partial charge on any atom is 0.107 e. The van der Waals surface area contributed by atoms with Crippen LogP contribution in [0.5, 0.6) is 0 Å². The predicted octanol–water partition coefficient (Wildman–Crippen LogP) is 3.46. The molecule has 1 unspecified atom stereocenters. The van der Waals surface area contributed by atoms with Crippen molar-refractivity contribution in [3.05, 3.63) is 52.5 Å². The second-order valence-corrected chi connectivity index (χ2v) is 5.12. The third-order valence-electron chi connectivity index (χ3n) is 2.87. The van der Waals surface area contributed by atoms with Gasteiger partial charge in [0.05, 0.1) is 0 Å². The molecule has 18 heavy (non-hydrogen) atoms. The Hall–Kier alpha value is -1.13. The van der Waals surface area contributed by atoms with Gasteiger partial charge in [-0.3, -0.25) is 0 Å². The van der Waals surface area contributed by atoms with Crippen LogP contribution in [0.1, 0.15) is 30.8 Å². The molecule has 0 saturated carbocycles. The lowest BCUT2D eigenvalue weighted by Crippen LogP contribution is -2.24. The smallest absolute Gasteiger partial charge is 0.107 e. The number of halogens is 1. The number of aromatic nitrogens is 2. The van der Waals surface area contributed by atoms with E-state index in [0.717, 1.165) is 29.7 Å². The molecule has 0 fully saturated rings. The third kappa shape index (κ3) is 3.43. The molecule has 0 aliphatic carbocycles. The Morgan fingerprint density at radius 3 is 2.89 bits per heavy atom. The van der Waals surface area contributed by atoms with Crippen LogP contribution in [0, 0.1) is 0 Å². The van der Waals surface area contributed by atoms with Gasteiger partial charge in [-0.2, -0.15) is 0 Å². The van der Waals surface area contributed by atoms with Gasteiger partial charge in [0.15, 0.2) is 0 Å². The van der Waals surface area contributed by atoms with E-state index in [9.17, 15) is 0 Å². The molecule has 1 aromatic heterocycles. The lowest BCUT2D eigenvalue weighted by molar-refractivity contribution is 0.518. The summed E-state index contributed by atoms with van der Waals surface area (Å²) in [5, 5.41) is 3.57. The van der Waals surface area contributed by atoms with Crippen molar-refractivity contribution in [2.45, 2.75) is 25.8 Å². The SMILES string of the molecule is CCCNC(Cc1ncc[nH]1)c1ccccc1Br. The van der Waals surface area contributed by atoms with E-state index in [2.05, 4.69) is 56.3 Å². The zero-order valence-corrected chi connectivity index (χ0v) is 12.1. The van der Waals surface area contributed by atoms with E-state index in [0.29, 0.717) is 0 Å². The van der Waals surface area contributed by atoms with Crippen LogP contribution in [0.2, 0.25) is 0 Å². The molecule has 0 amide bonds. The summed E-state index contributed by atoms with van der Waals surface area (Å²) in [7, 11) is 0. The molecule has 1 atom stereocenters. The van der Waals surface area contributed by atoms with Crippen LogP contribution in [0.3, 0.4) is 0 Å². The highest BCUT2D eigenvalue weighted by atomic mass is 79.9. The van der Waals surface area contributed by atoms with Gasteiger partial charge in [0.2, 0.25) is 0 Å². The van der Waals surface area contributed by atoms with Gasteiger partial charge in [-0.25, -0.2) is 4.98 Å². The third-order valence-corrected chi connectivity index (χ3v) is 3.60. The first-order valence-electron chi connectivity index (χ1n) is 6.27. The minimum Gasteiger partial charge on any atom is -0.349 e. The van der Waals surface area contributed by atoms with Crippen molar-refractivity contribution in [3.63, 3.8) is 0 Å². The van der Waals surface area contributed by atoms with Crippen molar-refractivity contribution >= 4 is 15.9 Å². The number of nitrogens with one attached hydrogen (secondary N) is 2. The van der Waals surface area contributed by atoms with Crippen molar-refractivity contribution in [2.24, 2.45) is 0 Å². The van der Waals surface area contributed by atoms with Crippen LogP contribution >= 0.6 is 15.9 Å². The zero-order chi connectivity index (χ0) is 12.8. The normalized spacial score (nSPS) is 12.6. The molecule has 0 aliphatic rings. The minimum absolute atomic E-state index is 0.284. The molecular formula is C14H18BrN3. The number of H-pyrrole nitrogens is 1. The molecule has 3 nitrogen and oxygen atoms in total. The summed E-state index contributed by atoms with van der Waals surface area (Å²) in [5.41, 5.74) is 1.28. The Bertz CT molecular complexity index is 468. The largest absolute Gasteiger partial charge is 0.349 e. The van der Waals surface area contributed by atoms with Crippen LogP contribution in [-0.2, 0) is 6.42 Å². The highest BCUT2D eigenvalue weighted by molar-refractivity contribution is 9.10. The molecule has 0 radical (unpaired) electrons. The van der Waals surface area contributed by atoms with E-state index in [1.54, 1.807) is 6.20 Å². The molecule has 1 aromatic carbocycles. The number of nitrogens with zero attached hydrogens (tertiary/aromatic N) is 1. The summed E-state index contributed by atoms with van der Waals surface area (Å²) in [6, 6.07) is 8.63. The van der Waals surface area contributed by atoms with Gasteiger partial charge in [0, 0.05) is 29.3 Å². The number of hydrogen-bond donors (Lipinski definition) is 2. The fourth-order valence-electron chi connectivity index (χ4n) is 1.97. The van der Waals surface area contributed by atoms with E-state index < -0.39 is 0 Å². The standard InChI is InChI=1S/C14H18BrN3/c1-2-7-16-13(10-14-17-8-9-18-14)11-5-3-4-6-12(11)15/h3-6,8-9,13,16H,2,7,10H2,1H3,(H,17,18). The van der Waals surface area contributed by atoms with E-state index in [1.165, 1.54) is 5.56 Å². The second-order valence-electron chi connectivity index (χ2n) is 4.27. The van der Waals surface area contributed by atoms with Gasteiger partial charge in [-0.15, -0.1) is 0 Å². The van der Waals surface area contributed by atoms with Gasteiger partial charge < -0.3 is 10.3 Å². The number of rotatable bonds is 6. The van der Waals surface area contributed by atoms with Gasteiger partial charge in [-0.05, 0) is 24.6 Å². The summed E-state index contributed by atoms with van der Waals surface area (Å²) in [4.78, 5) is 7.48. The van der Waals surface area contributed by atoms with Crippen LogP contribution in [0.15, 0.2) is 41.1 Å². The molecule has 96 valence electrons. The lowest BCUT2D eigenvalue weighted by Gasteiger charge is -2.19. The van der Waals surface area contributed by atoms with Crippen LogP contribution in [0.25, 0.3) is 0 Å². The van der Waals surface area contributed by atoms with E-state index in [1.807, 2.05) is 12.3 Å². The minimum atomic E-state index is 0.284. The molecule has 4 heteroatoms. The Balaban J connectivity index is 2.16. The van der Waals surface area contributed by atoms with Crippen molar-refractivity contribution in [1.82, 2.24) is 15.3 Å². The molecular weight excluding hydrogens is 290 g/mol. The molecule has 0 aliphatic heterocycles. The summed E-state index contributed by atoms with van der Waals surface area (Å²) >= 11 is 3.62. The summed E-state index contributed by atoms with van der Waals surface area (Å²) in [6.07, 6.45) is 5.66. The molecule has 2 rings (SSSR count). The van der Waals surface area contributed by atoms with Crippen molar-refractivity contribution in [1.29, 1.82) is 0 Å². The number of aromatic amines is 1. The van der Waals surface area contributed by atoms with Gasteiger partial charge >= 0.3 is 0 Å². The van der Waals surface area contributed by atoms with Crippen LogP contribution in [-0.4, -0.2) is 16.5 Å². The molecule has 0 bridgehead atoms. The first kappa shape index (κ1) is 13.3. The summed E-state index contributed by atoms with van der Waals surface area (Å²) in [6.45, 7) is 3.18. The van der Waals surface area contributed by atoms with E-state index in [4.69, 9.17) is 0 Å². The average Bonchev–Trinajstić information content (AvgIpc) is 2.88. The van der Waals surface area contributed by atoms with Gasteiger partial charge in [-0.1, -0.05) is 41.1 Å². The topological polar surface area (TPSA) is 40.7 Å². The maximum atomic E-state index is 4.31. The first-order valence-corrected chi connectivity index (χ1v) is 7.06. The summed E-state index contributed by atoms with van der Waals surface area (Å²) < 4.78 is 1.14. The fraction of sp³-hybridized carbons (Fsp3) is 0.357. The monoisotopic (exact) mass is 307 g/mol. The van der Waals surface area contributed by atoms with Crippen LogP contribution < -0.4 is 5.32 Å². The van der Waals surface area contributed by atoms with Gasteiger partial charge in [0.1, 0.15) is 5.82 Å². The lowest BCUT2D eigenvalue weighted by atomic mass is 10.0. The second kappa shape index (κ2) is 6.71. The van der Waals surface area contributed by atoms with E-state index >= 15 is 0 Å². The summed E-state index contributed by atoms with van der Waals surface area (Å²) in [5.74, 6) is 1.01. The van der Waals surface area contributed by atoms with Crippen molar-refractivity contribution < 1.29 is 0 Å². The Labute approximate surface area is 116 Å². The quantitative estimate of drug-likeness (QED) is 0.858. The van der Waals surface area contributed by atoms with Crippen molar-refractivity contribution in [2.75, 3.05) is 6.54 Å².